The fourth-order valence-corrected chi connectivity index (χ4v) is 3.45. The smallest absolute Gasteiger partial charge is 0.262 e. The second-order valence-corrected chi connectivity index (χ2v) is 8.63. The van der Waals surface area contributed by atoms with E-state index in [4.69, 9.17) is 4.74 Å². The van der Waals surface area contributed by atoms with E-state index in [1.54, 1.807) is 30.3 Å². The van der Waals surface area contributed by atoms with Crippen molar-refractivity contribution in [2.24, 2.45) is 0 Å². The third-order valence-electron chi connectivity index (χ3n) is 3.45. The molecule has 1 amide bonds. The topological polar surface area (TPSA) is 95.9 Å². The molecule has 2 N–H and O–H groups in total. The lowest BCUT2D eigenvalue weighted by atomic mass is 10.2. The molecule has 2 aromatic carbocycles. The number of halogens is 1. The van der Waals surface area contributed by atoms with Crippen molar-refractivity contribution in [3.63, 3.8) is 0 Å². The Labute approximate surface area is 160 Å². The van der Waals surface area contributed by atoms with Crippen LogP contribution in [-0.2, 0) is 21.4 Å². The van der Waals surface area contributed by atoms with Gasteiger partial charge >= 0.3 is 0 Å². The first-order valence-electron chi connectivity index (χ1n) is 7.58. The van der Waals surface area contributed by atoms with Crippen molar-refractivity contribution in [3.05, 3.63) is 52.5 Å². The van der Waals surface area contributed by atoms with Crippen LogP contribution in [-0.4, -0.2) is 44.4 Å². The molecule has 0 fully saturated rings. The Balaban J connectivity index is 2.05. The van der Waals surface area contributed by atoms with Gasteiger partial charge in [-0.2, -0.15) is 0 Å². The molecule has 0 bridgehead atoms. The summed E-state index contributed by atoms with van der Waals surface area (Å²) in [5.41, 5.74) is 0.894. The van der Waals surface area contributed by atoms with Crippen molar-refractivity contribution in [2.75, 3.05) is 26.0 Å². The van der Waals surface area contributed by atoms with Gasteiger partial charge in [0, 0.05) is 29.8 Å². The summed E-state index contributed by atoms with van der Waals surface area (Å²) in [5.74, 6) is -0.0500. The minimum Gasteiger partial charge on any atom is -0.483 e. The molecule has 0 aliphatic heterocycles. The number of hydrogen-bond acceptors (Lipinski definition) is 5. The van der Waals surface area contributed by atoms with E-state index in [0.29, 0.717) is 17.0 Å². The predicted octanol–water partition coefficient (Wildman–Crippen LogP) is 2.21. The zero-order chi connectivity index (χ0) is 19.3. The standard InChI is InChI=1S/C17H19BrN2O5S/c1-20(2)26(23,24)15-5-3-4-14(9-15)19-17(22)11-25-16-7-6-13(18)8-12(16)10-21/h3-9,21H,10-11H2,1-2H3,(H,19,22). The minimum absolute atomic E-state index is 0.0803. The predicted molar refractivity (Wildman–Crippen MR) is 102 cm³/mol. The first-order valence-corrected chi connectivity index (χ1v) is 9.82. The molecule has 0 aliphatic rings. The van der Waals surface area contributed by atoms with Gasteiger partial charge in [-0.05, 0) is 36.4 Å². The second kappa shape index (κ2) is 8.63. The number of carbonyl (C=O) groups excluding carboxylic acids is 1. The maximum atomic E-state index is 12.1. The first kappa shape index (κ1) is 20.4. The average Bonchev–Trinajstić information content (AvgIpc) is 2.60. The van der Waals surface area contributed by atoms with Crippen LogP contribution in [0.3, 0.4) is 0 Å². The number of aliphatic hydroxyl groups is 1. The number of ether oxygens (including phenoxy) is 1. The van der Waals surface area contributed by atoms with Crippen molar-refractivity contribution in [1.82, 2.24) is 4.31 Å². The molecule has 26 heavy (non-hydrogen) atoms. The van der Waals surface area contributed by atoms with E-state index >= 15 is 0 Å². The molecular formula is C17H19BrN2O5S. The Morgan fingerprint density at radius 2 is 1.96 bits per heavy atom. The van der Waals surface area contributed by atoms with Crippen LogP contribution in [0.15, 0.2) is 51.8 Å². The molecule has 0 aromatic heterocycles. The summed E-state index contributed by atoms with van der Waals surface area (Å²) in [7, 11) is -0.713. The maximum absolute atomic E-state index is 12.1. The van der Waals surface area contributed by atoms with Gasteiger partial charge in [-0.25, -0.2) is 12.7 Å². The van der Waals surface area contributed by atoms with Gasteiger partial charge in [-0.15, -0.1) is 0 Å². The Kier molecular flexibility index (Phi) is 6.76. The van der Waals surface area contributed by atoms with E-state index in [-0.39, 0.29) is 18.1 Å². The molecule has 9 heteroatoms. The van der Waals surface area contributed by atoms with Gasteiger partial charge in [-0.1, -0.05) is 22.0 Å². The van der Waals surface area contributed by atoms with E-state index in [1.807, 2.05) is 0 Å². The molecule has 0 atom stereocenters. The molecule has 2 aromatic rings. The van der Waals surface area contributed by atoms with Crippen LogP contribution in [0.1, 0.15) is 5.56 Å². The van der Waals surface area contributed by atoms with E-state index in [0.717, 1.165) is 8.78 Å². The van der Waals surface area contributed by atoms with E-state index in [1.165, 1.54) is 26.2 Å². The van der Waals surface area contributed by atoms with Gasteiger partial charge < -0.3 is 15.2 Å². The number of carbonyl (C=O) groups is 1. The summed E-state index contributed by atoms with van der Waals surface area (Å²) in [6.07, 6.45) is 0. The van der Waals surface area contributed by atoms with Gasteiger partial charge in [0.2, 0.25) is 10.0 Å². The van der Waals surface area contributed by atoms with Crippen molar-refractivity contribution in [2.45, 2.75) is 11.5 Å². The van der Waals surface area contributed by atoms with Gasteiger partial charge in [0.1, 0.15) is 5.75 Å². The Morgan fingerprint density at radius 3 is 2.62 bits per heavy atom. The summed E-state index contributed by atoms with van der Waals surface area (Å²) in [6.45, 7) is -0.500. The Bertz CT molecular complexity index is 900. The van der Waals surface area contributed by atoms with E-state index in [2.05, 4.69) is 21.2 Å². The van der Waals surface area contributed by atoms with Gasteiger partial charge in [0.05, 0.1) is 11.5 Å². The largest absolute Gasteiger partial charge is 0.483 e. The molecule has 0 unspecified atom stereocenters. The number of anilines is 1. The average molecular weight is 443 g/mol. The number of nitrogens with zero attached hydrogens (tertiary/aromatic N) is 1. The van der Waals surface area contributed by atoms with Crippen molar-refractivity contribution in [1.29, 1.82) is 0 Å². The van der Waals surface area contributed by atoms with Crippen LogP contribution in [0.4, 0.5) is 5.69 Å². The molecule has 2 rings (SSSR count). The number of amides is 1. The van der Waals surface area contributed by atoms with Crippen LogP contribution in [0, 0.1) is 0 Å². The number of aliphatic hydroxyl groups excluding tert-OH is 1. The summed E-state index contributed by atoms with van der Waals surface area (Å²) in [4.78, 5) is 12.2. The maximum Gasteiger partial charge on any atom is 0.262 e. The molecule has 7 nitrogen and oxygen atoms in total. The Hall–Kier alpha value is -1.94. The van der Waals surface area contributed by atoms with Crippen molar-refractivity contribution >= 4 is 37.5 Å². The Morgan fingerprint density at radius 1 is 1.23 bits per heavy atom. The SMILES string of the molecule is CN(C)S(=O)(=O)c1cccc(NC(=O)COc2ccc(Br)cc2CO)c1. The lowest BCUT2D eigenvalue weighted by molar-refractivity contribution is -0.118. The number of benzene rings is 2. The lowest BCUT2D eigenvalue weighted by Gasteiger charge is -2.13. The number of sulfonamides is 1. The lowest BCUT2D eigenvalue weighted by Crippen LogP contribution is -2.23. The molecule has 0 spiro atoms. The van der Waals surface area contributed by atoms with Crippen LogP contribution >= 0.6 is 15.9 Å². The summed E-state index contributed by atoms with van der Waals surface area (Å²) >= 11 is 3.30. The van der Waals surface area contributed by atoms with E-state index < -0.39 is 15.9 Å². The van der Waals surface area contributed by atoms with Gasteiger partial charge in [0.25, 0.3) is 5.91 Å². The quantitative estimate of drug-likeness (QED) is 0.684. The van der Waals surface area contributed by atoms with E-state index in [9.17, 15) is 18.3 Å². The van der Waals surface area contributed by atoms with Gasteiger partial charge in [-0.3, -0.25) is 4.79 Å². The molecule has 0 saturated heterocycles. The zero-order valence-corrected chi connectivity index (χ0v) is 16.7. The third-order valence-corrected chi connectivity index (χ3v) is 5.75. The fourth-order valence-electron chi connectivity index (χ4n) is 2.10. The normalized spacial score (nSPS) is 11.4. The monoisotopic (exact) mass is 442 g/mol. The first-order chi connectivity index (χ1) is 12.2. The molecule has 140 valence electrons. The molecule has 0 radical (unpaired) electrons. The van der Waals surface area contributed by atoms with Gasteiger partial charge in [0.15, 0.2) is 6.61 Å². The zero-order valence-electron chi connectivity index (χ0n) is 14.3. The summed E-state index contributed by atoms with van der Waals surface area (Å²) < 4.78 is 31.6. The number of hydrogen-bond donors (Lipinski definition) is 2. The number of nitrogens with one attached hydrogen (secondary N) is 1. The minimum atomic E-state index is -3.58. The van der Waals surface area contributed by atoms with Crippen LogP contribution < -0.4 is 10.1 Å². The third kappa shape index (κ3) is 5.04. The fraction of sp³-hybridized carbons (Fsp3) is 0.235. The van der Waals surface area contributed by atoms with Crippen molar-refractivity contribution in [3.8, 4) is 5.75 Å². The van der Waals surface area contributed by atoms with Crippen LogP contribution in [0.25, 0.3) is 0 Å². The summed E-state index contributed by atoms with van der Waals surface area (Å²) in [6, 6.07) is 11.1. The highest BCUT2D eigenvalue weighted by Crippen LogP contribution is 2.23. The summed E-state index contributed by atoms with van der Waals surface area (Å²) in [5, 5.41) is 11.9. The molecular weight excluding hydrogens is 424 g/mol. The molecule has 0 aliphatic carbocycles. The highest BCUT2D eigenvalue weighted by molar-refractivity contribution is 9.10. The van der Waals surface area contributed by atoms with Crippen molar-refractivity contribution < 1.29 is 23.1 Å². The molecule has 0 heterocycles. The molecule has 0 saturated carbocycles. The number of rotatable bonds is 7. The van der Waals surface area contributed by atoms with Crippen LogP contribution in [0.5, 0.6) is 5.75 Å². The highest BCUT2D eigenvalue weighted by atomic mass is 79.9. The highest BCUT2D eigenvalue weighted by Gasteiger charge is 2.17. The van der Waals surface area contributed by atoms with Crippen LogP contribution in [0.2, 0.25) is 0 Å². The second-order valence-electron chi connectivity index (χ2n) is 5.56.